The van der Waals surface area contributed by atoms with Crippen LogP contribution in [0.5, 0.6) is 5.75 Å². The Morgan fingerprint density at radius 2 is 2.32 bits per heavy atom. The smallest absolute Gasteiger partial charge is 0.230 e. The predicted molar refractivity (Wildman–Crippen MR) is 77.5 cm³/mol. The molecule has 4 nitrogen and oxygen atoms in total. The van der Waals surface area contributed by atoms with Crippen LogP contribution in [0, 0.1) is 0 Å². The van der Waals surface area contributed by atoms with E-state index in [0.717, 1.165) is 11.4 Å². The average molecular weight is 297 g/mol. The van der Waals surface area contributed by atoms with Crippen molar-refractivity contribution in [1.29, 1.82) is 0 Å². The highest BCUT2D eigenvalue weighted by molar-refractivity contribution is 7.14. The van der Waals surface area contributed by atoms with Crippen LogP contribution in [0.25, 0.3) is 0 Å². The first-order chi connectivity index (χ1) is 9.15. The summed E-state index contributed by atoms with van der Waals surface area (Å²) in [6.45, 7) is 1.50. The zero-order valence-corrected chi connectivity index (χ0v) is 12.2. The molecule has 1 aromatic heterocycles. The van der Waals surface area contributed by atoms with Crippen LogP contribution in [-0.4, -0.2) is 18.0 Å². The summed E-state index contributed by atoms with van der Waals surface area (Å²) in [4.78, 5) is 17.7. The lowest BCUT2D eigenvalue weighted by Gasteiger charge is -2.18. The molecule has 0 saturated carbocycles. The number of anilines is 2. The fraction of sp³-hybridized carbons (Fsp3) is 0.231. The molecule has 1 heterocycles. The number of nitrogens with zero attached hydrogens (tertiary/aromatic N) is 2. The van der Waals surface area contributed by atoms with Crippen LogP contribution in [0.15, 0.2) is 29.6 Å². The lowest BCUT2D eigenvalue weighted by molar-refractivity contribution is -0.115. The molecular formula is C13H13ClN2O2S. The van der Waals surface area contributed by atoms with Crippen molar-refractivity contribution in [3.8, 4) is 5.75 Å². The van der Waals surface area contributed by atoms with E-state index in [1.807, 2.05) is 23.6 Å². The van der Waals surface area contributed by atoms with Gasteiger partial charge in [0.25, 0.3) is 0 Å². The Labute approximate surface area is 120 Å². The topological polar surface area (TPSA) is 42.4 Å². The molecular weight excluding hydrogens is 284 g/mol. The summed E-state index contributed by atoms with van der Waals surface area (Å²) < 4.78 is 5.17. The van der Waals surface area contributed by atoms with E-state index in [0.29, 0.717) is 16.8 Å². The summed E-state index contributed by atoms with van der Waals surface area (Å²) in [5, 5.41) is 2.45. The molecule has 0 aliphatic carbocycles. The minimum atomic E-state index is -0.108. The van der Waals surface area contributed by atoms with Gasteiger partial charge in [0.2, 0.25) is 5.91 Å². The number of carbonyl (C=O) groups excluding carboxylic acids is 1. The van der Waals surface area contributed by atoms with Gasteiger partial charge in [0.15, 0.2) is 5.13 Å². The average Bonchev–Trinajstić information content (AvgIpc) is 2.87. The van der Waals surface area contributed by atoms with Crippen molar-refractivity contribution in [1.82, 2.24) is 4.98 Å². The minimum absolute atomic E-state index is 0.108. The molecule has 0 saturated heterocycles. The highest BCUT2D eigenvalue weighted by atomic mass is 35.5. The number of hydrogen-bond acceptors (Lipinski definition) is 4. The quantitative estimate of drug-likeness (QED) is 0.810. The molecule has 0 bridgehead atoms. The summed E-state index contributed by atoms with van der Waals surface area (Å²) in [5.41, 5.74) is 1.48. The van der Waals surface area contributed by atoms with Crippen molar-refractivity contribution in [2.45, 2.75) is 12.8 Å². The molecule has 1 aromatic carbocycles. The lowest BCUT2D eigenvalue weighted by atomic mass is 10.3. The van der Waals surface area contributed by atoms with Crippen LogP contribution in [0.4, 0.5) is 10.8 Å². The van der Waals surface area contributed by atoms with E-state index in [1.165, 1.54) is 18.3 Å². The van der Waals surface area contributed by atoms with Crippen LogP contribution in [-0.2, 0) is 10.7 Å². The van der Waals surface area contributed by atoms with Gasteiger partial charge >= 0.3 is 0 Å². The molecule has 0 fully saturated rings. The highest BCUT2D eigenvalue weighted by Gasteiger charge is 2.18. The van der Waals surface area contributed by atoms with Crippen molar-refractivity contribution in [3.05, 3.63) is 35.3 Å². The fourth-order valence-electron chi connectivity index (χ4n) is 1.64. The van der Waals surface area contributed by atoms with Gasteiger partial charge in [-0.15, -0.1) is 22.9 Å². The summed E-state index contributed by atoms with van der Waals surface area (Å²) in [6.07, 6.45) is 0. The van der Waals surface area contributed by atoms with E-state index >= 15 is 0 Å². The SMILES string of the molecule is COc1cccc(N(C(C)=O)c2nc(CCl)cs2)c1. The maximum Gasteiger partial charge on any atom is 0.230 e. The number of carbonyl (C=O) groups is 1. The first-order valence-corrected chi connectivity index (χ1v) is 7.02. The van der Waals surface area contributed by atoms with Gasteiger partial charge in [0.1, 0.15) is 5.75 Å². The second-order valence-corrected chi connectivity index (χ2v) is 4.91. The van der Waals surface area contributed by atoms with Crippen LogP contribution in [0.2, 0.25) is 0 Å². The maximum atomic E-state index is 11.9. The van der Waals surface area contributed by atoms with Crippen molar-refractivity contribution >= 4 is 39.7 Å². The standard InChI is InChI=1S/C13H13ClN2O2S/c1-9(17)16(13-15-10(7-14)8-19-13)11-4-3-5-12(6-11)18-2/h3-6,8H,7H2,1-2H3. The molecule has 0 N–H and O–H groups in total. The summed E-state index contributed by atoms with van der Waals surface area (Å²) >= 11 is 7.13. The van der Waals surface area contributed by atoms with E-state index in [4.69, 9.17) is 16.3 Å². The van der Waals surface area contributed by atoms with Gasteiger partial charge in [0.05, 0.1) is 24.4 Å². The zero-order valence-electron chi connectivity index (χ0n) is 10.6. The van der Waals surface area contributed by atoms with E-state index < -0.39 is 0 Å². The number of rotatable bonds is 4. The summed E-state index contributed by atoms with van der Waals surface area (Å²) in [5.74, 6) is 0.918. The van der Waals surface area contributed by atoms with E-state index in [9.17, 15) is 4.79 Å². The Morgan fingerprint density at radius 1 is 1.53 bits per heavy atom. The third-order valence-corrected chi connectivity index (χ3v) is 3.64. The van der Waals surface area contributed by atoms with Crippen LogP contribution < -0.4 is 9.64 Å². The van der Waals surface area contributed by atoms with Crippen molar-refractivity contribution in [2.24, 2.45) is 0 Å². The number of ether oxygens (including phenoxy) is 1. The van der Waals surface area contributed by atoms with Gasteiger partial charge in [-0.2, -0.15) is 0 Å². The molecule has 0 aliphatic rings. The number of alkyl halides is 1. The number of methoxy groups -OCH3 is 1. The Balaban J connectivity index is 2.42. The maximum absolute atomic E-state index is 11.9. The highest BCUT2D eigenvalue weighted by Crippen LogP contribution is 2.31. The first kappa shape index (κ1) is 13.8. The molecule has 0 unspecified atom stereocenters. The zero-order chi connectivity index (χ0) is 13.8. The first-order valence-electron chi connectivity index (χ1n) is 5.61. The molecule has 6 heteroatoms. The third-order valence-electron chi connectivity index (χ3n) is 2.49. The Hall–Kier alpha value is -1.59. The fourth-order valence-corrected chi connectivity index (χ4v) is 2.75. The minimum Gasteiger partial charge on any atom is -0.497 e. The Bertz CT molecular complexity index is 586. The molecule has 100 valence electrons. The molecule has 0 spiro atoms. The number of hydrogen-bond donors (Lipinski definition) is 0. The van der Waals surface area contributed by atoms with E-state index in [-0.39, 0.29) is 5.91 Å². The molecule has 0 aliphatic heterocycles. The van der Waals surface area contributed by atoms with Crippen LogP contribution >= 0.6 is 22.9 Å². The Morgan fingerprint density at radius 3 is 2.89 bits per heavy atom. The number of amides is 1. The van der Waals surface area contributed by atoms with Crippen LogP contribution in [0.1, 0.15) is 12.6 Å². The second kappa shape index (κ2) is 6.04. The normalized spacial score (nSPS) is 10.3. The van der Waals surface area contributed by atoms with Gasteiger partial charge in [-0.25, -0.2) is 4.98 Å². The monoisotopic (exact) mass is 296 g/mol. The lowest BCUT2D eigenvalue weighted by Crippen LogP contribution is -2.22. The number of benzene rings is 1. The molecule has 2 rings (SSSR count). The van der Waals surface area contributed by atoms with Gasteiger partial charge in [-0.05, 0) is 12.1 Å². The molecule has 19 heavy (non-hydrogen) atoms. The van der Waals surface area contributed by atoms with Crippen molar-refractivity contribution < 1.29 is 9.53 Å². The molecule has 2 aromatic rings. The van der Waals surface area contributed by atoms with E-state index in [2.05, 4.69) is 4.98 Å². The molecule has 1 amide bonds. The van der Waals surface area contributed by atoms with Gasteiger partial charge in [-0.3, -0.25) is 9.69 Å². The molecule has 0 radical (unpaired) electrons. The molecule has 0 atom stereocenters. The van der Waals surface area contributed by atoms with Gasteiger partial charge in [-0.1, -0.05) is 6.07 Å². The Kier molecular flexibility index (Phi) is 4.39. The summed E-state index contributed by atoms with van der Waals surface area (Å²) in [6, 6.07) is 7.29. The van der Waals surface area contributed by atoms with Crippen molar-refractivity contribution in [3.63, 3.8) is 0 Å². The van der Waals surface area contributed by atoms with Gasteiger partial charge < -0.3 is 4.74 Å². The number of aromatic nitrogens is 1. The third kappa shape index (κ3) is 3.05. The summed E-state index contributed by atoms with van der Waals surface area (Å²) in [7, 11) is 1.59. The second-order valence-electron chi connectivity index (χ2n) is 3.81. The van der Waals surface area contributed by atoms with E-state index in [1.54, 1.807) is 18.1 Å². The number of halogens is 1. The number of thiazole rings is 1. The van der Waals surface area contributed by atoms with Crippen molar-refractivity contribution in [2.75, 3.05) is 12.0 Å². The largest absolute Gasteiger partial charge is 0.497 e. The van der Waals surface area contributed by atoms with Crippen LogP contribution in [0.3, 0.4) is 0 Å². The predicted octanol–water partition coefficient (Wildman–Crippen LogP) is 3.58. The van der Waals surface area contributed by atoms with Gasteiger partial charge in [0, 0.05) is 18.4 Å².